The smallest absolute Gasteiger partial charge is 0.251 e. The van der Waals surface area contributed by atoms with Crippen molar-refractivity contribution >= 4 is 5.82 Å². The Morgan fingerprint density at radius 2 is 1.95 bits per heavy atom. The van der Waals surface area contributed by atoms with Gasteiger partial charge in [-0.25, -0.2) is 13.8 Å². The maximum atomic E-state index is 15.9. The van der Waals surface area contributed by atoms with Crippen molar-refractivity contribution in [1.29, 1.82) is 0 Å². The first kappa shape index (κ1) is 27.2. The number of aromatic nitrogens is 4. The van der Waals surface area contributed by atoms with Gasteiger partial charge in [0.2, 0.25) is 0 Å². The molecule has 1 aromatic carbocycles. The third-order valence-corrected chi connectivity index (χ3v) is 8.75. The number of halogens is 2. The summed E-state index contributed by atoms with van der Waals surface area (Å²) in [5, 5.41) is 19.5. The number of alkyl halides is 1. The van der Waals surface area contributed by atoms with Gasteiger partial charge in [0.05, 0.1) is 17.8 Å². The fourth-order valence-electron chi connectivity index (χ4n) is 5.88. The van der Waals surface area contributed by atoms with Gasteiger partial charge in [-0.1, -0.05) is 39.7 Å². The highest BCUT2D eigenvalue weighted by Crippen LogP contribution is 2.44. The van der Waals surface area contributed by atoms with Crippen LogP contribution >= 0.6 is 0 Å². The van der Waals surface area contributed by atoms with Crippen molar-refractivity contribution in [3.63, 3.8) is 0 Å². The summed E-state index contributed by atoms with van der Waals surface area (Å²) in [6.45, 7) is 6.47. The quantitative estimate of drug-likeness (QED) is 0.412. The molecule has 0 saturated heterocycles. The number of rotatable bonds is 6. The van der Waals surface area contributed by atoms with Crippen molar-refractivity contribution in [3.8, 4) is 28.3 Å². The maximum Gasteiger partial charge on any atom is 0.251 e. The van der Waals surface area contributed by atoms with E-state index in [1.165, 1.54) is 19.2 Å². The van der Waals surface area contributed by atoms with Crippen LogP contribution in [0, 0.1) is 17.2 Å². The Labute approximate surface area is 227 Å². The highest BCUT2D eigenvalue weighted by Gasteiger charge is 2.44. The molecule has 2 aromatic heterocycles. The van der Waals surface area contributed by atoms with Crippen LogP contribution in [0.3, 0.4) is 0 Å². The Kier molecular flexibility index (Phi) is 7.44. The molecule has 0 aliphatic heterocycles. The summed E-state index contributed by atoms with van der Waals surface area (Å²) < 4.78 is 31.6. The van der Waals surface area contributed by atoms with Crippen LogP contribution in [0.1, 0.15) is 65.7 Å². The molecule has 39 heavy (non-hydrogen) atoms. The van der Waals surface area contributed by atoms with Gasteiger partial charge in [-0.15, -0.1) is 10.2 Å². The minimum absolute atomic E-state index is 0.0250. The molecule has 0 bridgehead atoms. The number of benzene rings is 1. The van der Waals surface area contributed by atoms with E-state index in [2.05, 4.69) is 33.9 Å². The zero-order valence-electron chi connectivity index (χ0n) is 23.1. The molecule has 9 heteroatoms. The van der Waals surface area contributed by atoms with Crippen molar-refractivity contribution in [2.24, 2.45) is 18.4 Å². The second-order valence-corrected chi connectivity index (χ2v) is 11.7. The van der Waals surface area contributed by atoms with Gasteiger partial charge in [0.15, 0.2) is 11.6 Å². The molecule has 0 radical (unpaired) electrons. The first-order valence-electron chi connectivity index (χ1n) is 13.9. The summed E-state index contributed by atoms with van der Waals surface area (Å²) in [7, 11) is 1.47. The van der Waals surface area contributed by atoms with E-state index in [4.69, 9.17) is 0 Å². The predicted molar refractivity (Wildman–Crippen MR) is 148 cm³/mol. The standard InChI is InChI=1S/C30H37F2N5O2/c1-5-30(3)12-6-7-18(2)28(32)24(15-30)37(20-9-10-20)26-16-33-29(35-34-26)21-11-8-19(13-25(21)38)22-14-27(39)36(4)17-23(22)31/h8,11,13-14,16-18,20,24,28,38H,5-7,9-10,12,15H2,1-4H3/t18?,24-,28+,30-/m1/s1. The van der Waals surface area contributed by atoms with Crippen LogP contribution in [0.2, 0.25) is 0 Å². The van der Waals surface area contributed by atoms with Crippen LogP contribution in [0.25, 0.3) is 22.5 Å². The molecule has 2 aliphatic carbocycles. The van der Waals surface area contributed by atoms with Crippen LogP contribution in [0.4, 0.5) is 14.6 Å². The van der Waals surface area contributed by atoms with Gasteiger partial charge in [0.1, 0.15) is 17.7 Å². The van der Waals surface area contributed by atoms with E-state index in [-0.39, 0.29) is 46.1 Å². The van der Waals surface area contributed by atoms with E-state index in [0.717, 1.165) is 55.7 Å². The molecule has 4 atom stereocenters. The van der Waals surface area contributed by atoms with Crippen LogP contribution in [0.15, 0.2) is 41.5 Å². The van der Waals surface area contributed by atoms with Gasteiger partial charge in [-0.3, -0.25) is 4.79 Å². The molecule has 2 heterocycles. The maximum absolute atomic E-state index is 15.9. The molecule has 2 fully saturated rings. The van der Waals surface area contributed by atoms with Gasteiger partial charge in [0, 0.05) is 30.9 Å². The number of anilines is 1. The fourth-order valence-corrected chi connectivity index (χ4v) is 5.88. The third kappa shape index (κ3) is 5.54. The monoisotopic (exact) mass is 537 g/mol. The lowest BCUT2D eigenvalue weighted by atomic mass is 9.71. The average molecular weight is 538 g/mol. The summed E-state index contributed by atoms with van der Waals surface area (Å²) >= 11 is 0. The summed E-state index contributed by atoms with van der Waals surface area (Å²) in [5.41, 5.74) is 0.511. The minimum atomic E-state index is -0.968. The Morgan fingerprint density at radius 1 is 1.18 bits per heavy atom. The largest absolute Gasteiger partial charge is 0.507 e. The van der Waals surface area contributed by atoms with Gasteiger partial charge in [-0.2, -0.15) is 0 Å². The first-order valence-corrected chi connectivity index (χ1v) is 13.9. The second-order valence-electron chi connectivity index (χ2n) is 11.7. The first-order chi connectivity index (χ1) is 18.6. The number of aryl methyl sites for hydroxylation is 1. The zero-order valence-corrected chi connectivity index (χ0v) is 23.1. The summed E-state index contributed by atoms with van der Waals surface area (Å²) in [4.78, 5) is 18.6. The lowest BCUT2D eigenvalue weighted by Gasteiger charge is -2.44. The SMILES string of the molecule is CC[C@]1(C)CCCC(C)[C@H](F)[C@H](N(c2cnc(-c3ccc(-c4cc(=O)n(C)cc4F)cc3O)nn2)C2CC2)C1. The number of phenolic OH excluding ortho intramolecular Hbond substituents is 1. The predicted octanol–water partition coefficient (Wildman–Crippen LogP) is 6.05. The molecular formula is C30H37F2N5O2. The van der Waals surface area contributed by atoms with E-state index in [9.17, 15) is 14.3 Å². The summed E-state index contributed by atoms with van der Waals surface area (Å²) in [5.74, 6) is 0.0174. The number of nitrogens with zero attached hydrogens (tertiary/aromatic N) is 5. The highest BCUT2D eigenvalue weighted by molar-refractivity contribution is 5.73. The number of pyridine rings is 1. The summed E-state index contributed by atoms with van der Waals surface area (Å²) in [6, 6.07) is 5.70. The summed E-state index contributed by atoms with van der Waals surface area (Å²) in [6.07, 6.45) is 8.53. The van der Waals surface area contributed by atoms with Crippen LogP contribution in [0.5, 0.6) is 5.75 Å². The average Bonchev–Trinajstić information content (AvgIpc) is 3.75. The van der Waals surface area contributed by atoms with Gasteiger partial charge in [-0.05, 0) is 61.1 Å². The molecular weight excluding hydrogens is 500 g/mol. The van der Waals surface area contributed by atoms with E-state index in [1.54, 1.807) is 18.3 Å². The number of phenols is 1. The molecule has 2 saturated carbocycles. The highest BCUT2D eigenvalue weighted by atomic mass is 19.1. The third-order valence-electron chi connectivity index (χ3n) is 8.75. The van der Waals surface area contributed by atoms with Crippen molar-refractivity contribution < 1.29 is 13.9 Å². The van der Waals surface area contributed by atoms with Crippen molar-refractivity contribution in [3.05, 3.63) is 52.8 Å². The van der Waals surface area contributed by atoms with E-state index in [1.807, 2.05) is 6.92 Å². The van der Waals surface area contributed by atoms with Gasteiger partial charge >= 0.3 is 0 Å². The fraction of sp³-hybridized carbons (Fsp3) is 0.533. The lowest BCUT2D eigenvalue weighted by Crippen LogP contribution is -2.49. The molecule has 208 valence electrons. The Balaban J connectivity index is 1.44. The normalized spacial score (nSPS) is 25.6. The zero-order chi connectivity index (χ0) is 27.9. The van der Waals surface area contributed by atoms with Crippen LogP contribution in [-0.2, 0) is 7.05 Å². The Bertz CT molecular complexity index is 1390. The molecule has 5 rings (SSSR count). The van der Waals surface area contributed by atoms with Crippen molar-refractivity contribution in [2.75, 3.05) is 4.90 Å². The number of hydrogen-bond donors (Lipinski definition) is 1. The molecule has 1 unspecified atom stereocenters. The molecule has 2 aliphatic rings. The van der Waals surface area contributed by atoms with Crippen LogP contribution in [-0.4, -0.2) is 43.1 Å². The van der Waals surface area contributed by atoms with Gasteiger partial charge < -0.3 is 14.6 Å². The van der Waals surface area contributed by atoms with E-state index >= 15 is 4.39 Å². The molecule has 0 spiro atoms. The Morgan fingerprint density at radius 3 is 2.59 bits per heavy atom. The minimum Gasteiger partial charge on any atom is -0.507 e. The Hall–Kier alpha value is -3.36. The van der Waals surface area contributed by atoms with Crippen molar-refractivity contribution in [2.45, 2.75) is 84.0 Å². The van der Waals surface area contributed by atoms with Gasteiger partial charge in [0.25, 0.3) is 5.56 Å². The molecule has 1 N–H and O–H groups in total. The number of aromatic hydroxyl groups is 1. The molecule has 0 amide bonds. The van der Waals surface area contributed by atoms with Crippen LogP contribution < -0.4 is 10.5 Å². The van der Waals surface area contributed by atoms with Crippen molar-refractivity contribution in [1.82, 2.24) is 19.7 Å². The second kappa shape index (κ2) is 10.7. The lowest BCUT2D eigenvalue weighted by molar-refractivity contribution is 0.107. The number of hydrogen-bond acceptors (Lipinski definition) is 6. The molecule has 7 nitrogen and oxygen atoms in total. The van der Waals surface area contributed by atoms with E-state index < -0.39 is 12.0 Å². The van der Waals surface area contributed by atoms with E-state index in [0.29, 0.717) is 16.9 Å². The topological polar surface area (TPSA) is 84.1 Å². The molecule has 3 aromatic rings.